The van der Waals surface area contributed by atoms with Crippen molar-refractivity contribution in [3.8, 4) is 0 Å². The van der Waals surface area contributed by atoms with E-state index in [2.05, 4.69) is 0 Å². The molecule has 0 spiro atoms. The number of ether oxygens (including phenoxy) is 1. The predicted octanol–water partition coefficient (Wildman–Crippen LogP) is 5.25. The van der Waals surface area contributed by atoms with Crippen LogP contribution in [0.5, 0.6) is 0 Å². The van der Waals surface area contributed by atoms with Crippen molar-refractivity contribution in [3.63, 3.8) is 0 Å². The smallest absolute Gasteiger partial charge is 0.412 e. The summed E-state index contributed by atoms with van der Waals surface area (Å²) < 4.78 is 33.9. The Balaban J connectivity index is 1.63. The quantitative estimate of drug-likeness (QED) is 0.506. The average Bonchev–Trinajstić information content (AvgIpc) is 2.84. The molecule has 1 heterocycles. The second-order valence-electron chi connectivity index (χ2n) is 7.38. The first-order valence-electron chi connectivity index (χ1n) is 10.1. The molecule has 3 aromatic rings. The molecule has 0 bridgehead atoms. The summed E-state index contributed by atoms with van der Waals surface area (Å²) in [7, 11) is 0. The Morgan fingerprint density at radius 3 is 2.18 bits per heavy atom. The van der Waals surface area contributed by atoms with Gasteiger partial charge in [0.2, 0.25) is 0 Å². The minimum Gasteiger partial charge on any atom is -0.444 e. The number of nitrogens with zero attached hydrogens (tertiary/aromatic N) is 3. The van der Waals surface area contributed by atoms with Crippen LogP contribution < -0.4 is 4.90 Å². The van der Waals surface area contributed by atoms with Gasteiger partial charge in [0.25, 0.3) is 5.91 Å². The Morgan fingerprint density at radius 2 is 1.53 bits per heavy atom. The van der Waals surface area contributed by atoms with Gasteiger partial charge in [0.1, 0.15) is 37.1 Å². The molecule has 1 aliphatic rings. The zero-order valence-electron chi connectivity index (χ0n) is 17.7. The number of hydrogen-bond donors (Lipinski definition) is 0. The first-order chi connectivity index (χ1) is 16.3. The van der Waals surface area contributed by atoms with Gasteiger partial charge in [-0.25, -0.2) is 23.3 Å². The van der Waals surface area contributed by atoms with Crippen LogP contribution in [0.25, 0.3) is 0 Å². The number of hydrogen-bond acceptors (Lipinski definition) is 4. The molecule has 10 heteroatoms. The molecule has 7 nitrogen and oxygen atoms in total. The van der Waals surface area contributed by atoms with E-state index in [0.29, 0.717) is 15.6 Å². The Morgan fingerprint density at radius 1 is 0.882 bits per heavy atom. The van der Waals surface area contributed by atoms with E-state index >= 15 is 0 Å². The summed E-state index contributed by atoms with van der Waals surface area (Å²) in [5.74, 6) is -3.47. The molecule has 1 fully saturated rings. The van der Waals surface area contributed by atoms with Crippen molar-refractivity contribution in [2.75, 3.05) is 18.2 Å². The molecular weight excluding hydrogens is 468 g/mol. The highest BCUT2D eigenvalue weighted by Crippen LogP contribution is 2.25. The van der Waals surface area contributed by atoms with Crippen molar-refractivity contribution in [2.24, 2.45) is 0 Å². The summed E-state index contributed by atoms with van der Waals surface area (Å²) in [5, 5.41) is 0.411. The molecule has 0 radical (unpaired) electrons. The van der Waals surface area contributed by atoms with E-state index < -0.39 is 41.9 Å². The van der Waals surface area contributed by atoms with E-state index in [0.717, 1.165) is 33.6 Å². The molecule has 0 unspecified atom stereocenters. The summed E-state index contributed by atoms with van der Waals surface area (Å²) in [6.45, 7) is -0.846. The van der Waals surface area contributed by atoms with E-state index in [1.165, 1.54) is 24.3 Å². The largest absolute Gasteiger partial charge is 0.444 e. The van der Waals surface area contributed by atoms with E-state index in [4.69, 9.17) is 16.3 Å². The zero-order chi connectivity index (χ0) is 24.2. The van der Waals surface area contributed by atoms with Crippen molar-refractivity contribution < 1.29 is 27.9 Å². The zero-order valence-corrected chi connectivity index (χ0v) is 18.4. The van der Waals surface area contributed by atoms with Gasteiger partial charge in [-0.15, -0.1) is 0 Å². The first-order valence-corrected chi connectivity index (χ1v) is 10.5. The van der Waals surface area contributed by atoms with Crippen molar-refractivity contribution in [2.45, 2.75) is 6.61 Å². The highest BCUT2D eigenvalue weighted by Gasteiger charge is 2.39. The van der Waals surface area contributed by atoms with Crippen molar-refractivity contribution >= 4 is 35.3 Å². The third-order valence-electron chi connectivity index (χ3n) is 5.11. The van der Waals surface area contributed by atoms with Gasteiger partial charge in [0, 0.05) is 10.7 Å². The number of benzene rings is 3. The highest BCUT2D eigenvalue weighted by atomic mass is 35.5. The molecule has 4 amide bonds. The molecule has 0 atom stereocenters. The number of anilines is 1. The van der Waals surface area contributed by atoms with Crippen molar-refractivity contribution in [1.29, 1.82) is 0 Å². The van der Waals surface area contributed by atoms with E-state index in [9.17, 15) is 23.2 Å². The lowest BCUT2D eigenvalue weighted by molar-refractivity contribution is 0.0532. The summed E-state index contributed by atoms with van der Waals surface area (Å²) in [6.07, 6.45) is -0.817. The third kappa shape index (κ3) is 4.84. The van der Waals surface area contributed by atoms with Crippen molar-refractivity contribution in [1.82, 2.24) is 9.80 Å². The monoisotopic (exact) mass is 485 g/mol. The number of amides is 4. The Hall–Kier alpha value is -3.98. The van der Waals surface area contributed by atoms with E-state index in [1.807, 2.05) is 6.07 Å². The van der Waals surface area contributed by atoms with Crippen LogP contribution >= 0.6 is 11.6 Å². The second kappa shape index (κ2) is 9.88. The van der Waals surface area contributed by atoms with Crippen LogP contribution in [0, 0.1) is 11.6 Å². The minimum absolute atomic E-state index is 0.0407. The van der Waals surface area contributed by atoms with Crippen LogP contribution in [-0.2, 0) is 11.3 Å². The summed E-state index contributed by atoms with van der Waals surface area (Å²) in [6, 6.07) is 17.1. The highest BCUT2D eigenvalue weighted by molar-refractivity contribution is 6.30. The Bertz CT molecular complexity index is 1200. The molecule has 0 saturated carbocycles. The molecule has 174 valence electrons. The van der Waals surface area contributed by atoms with Gasteiger partial charge in [-0.05, 0) is 42.0 Å². The molecule has 34 heavy (non-hydrogen) atoms. The Labute approximate surface area is 198 Å². The van der Waals surface area contributed by atoms with E-state index in [1.54, 1.807) is 24.3 Å². The second-order valence-corrected chi connectivity index (χ2v) is 7.82. The van der Waals surface area contributed by atoms with Gasteiger partial charge < -0.3 is 4.74 Å². The number of halogens is 3. The van der Waals surface area contributed by atoms with Gasteiger partial charge in [0.05, 0.1) is 0 Å². The van der Waals surface area contributed by atoms with Crippen LogP contribution in [0.3, 0.4) is 0 Å². The third-order valence-corrected chi connectivity index (χ3v) is 5.36. The summed E-state index contributed by atoms with van der Waals surface area (Å²) >= 11 is 5.92. The number of carbonyl (C=O) groups excluding carboxylic acids is 3. The standard InChI is InChI=1S/C24H18ClF2N3O4/c25-17-9-11-18(12-10-17)29-14-28(24(33)34-13-16-5-2-1-3-6-16)15-30(23(29)32)22(31)21-19(26)7-4-8-20(21)27/h1-12H,13-15H2. The van der Waals surface area contributed by atoms with Crippen molar-refractivity contribution in [3.05, 3.63) is 101 Å². The van der Waals surface area contributed by atoms with Gasteiger partial charge in [0.15, 0.2) is 0 Å². The van der Waals surface area contributed by atoms with Gasteiger partial charge in [-0.3, -0.25) is 14.6 Å². The lowest BCUT2D eigenvalue weighted by atomic mass is 10.1. The number of rotatable bonds is 4. The molecule has 1 aliphatic heterocycles. The van der Waals surface area contributed by atoms with E-state index in [-0.39, 0.29) is 13.3 Å². The lowest BCUT2D eigenvalue weighted by Gasteiger charge is -2.40. The lowest BCUT2D eigenvalue weighted by Crippen LogP contribution is -2.61. The fraction of sp³-hybridized carbons (Fsp3) is 0.125. The molecule has 4 rings (SSSR count). The summed E-state index contributed by atoms with van der Waals surface area (Å²) in [5.41, 5.74) is 0.160. The maximum absolute atomic E-state index is 14.3. The number of urea groups is 1. The normalized spacial score (nSPS) is 13.7. The van der Waals surface area contributed by atoms with Crippen LogP contribution in [0.15, 0.2) is 72.8 Å². The van der Waals surface area contributed by atoms with Gasteiger partial charge in [-0.1, -0.05) is 48.0 Å². The first kappa shape index (κ1) is 23.2. The van der Waals surface area contributed by atoms with Gasteiger partial charge >= 0.3 is 12.1 Å². The molecule has 3 aromatic carbocycles. The molecular formula is C24H18ClF2N3O4. The Kier molecular flexibility index (Phi) is 6.74. The average molecular weight is 486 g/mol. The van der Waals surface area contributed by atoms with Crippen LogP contribution in [-0.4, -0.2) is 41.2 Å². The molecule has 0 N–H and O–H groups in total. The maximum atomic E-state index is 14.3. The summed E-state index contributed by atoms with van der Waals surface area (Å²) in [4.78, 5) is 41.8. The van der Waals surface area contributed by atoms with Crippen LogP contribution in [0.1, 0.15) is 15.9 Å². The maximum Gasteiger partial charge on any atom is 0.412 e. The number of imide groups is 1. The number of carbonyl (C=O) groups is 3. The molecule has 0 aromatic heterocycles. The predicted molar refractivity (Wildman–Crippen MR) is 120 cm³/mol. The van der Waals surface area contributed by atoms with Crippen LogP contribution in [0.4, 0.5) is 24.1 Å². The SMILES string of the molecule is O=C(OCc1ccccc1)N1CN(C(=O)c2c(F)cccc2F)C(=O)N(c2ccc(Cl)cc2)C1. The topological polar surface area (TPSA) is 70.2 Å². The fourth-order valence-corrected chi connectivity index (χ4v) is 3.51. The van der Waals surface area contributed by atoms with Gasteiger partial charge in [-0.2, -0.15) is 0 Å². The minimum atomic E-state index is -1.22. The fourth-order valence-electron chi connectivity index (χ4n) is 3.38. The van der Waals surface area contributed by atoms with Crippen LogP contribution in [0.2, 0.25) is 5.02 Å². The molecule has 1 saturated heterocycles. The molecule has 0 aliphatic carbocycles.